The normalized spacial score (nSPS) is 23.0. The summed E-state index contributed by atoms with van der Waals surface area (Å²) in [5.74, 6) is 2.89. The van der Waals surface area contributed by atoms with Crippen molar-refractivity contribution in [2.24, 2.45) is 10.9 Å². The van der Waals surface area contributed by atoms with E-state index < -0.39 is 0 Å². The summed E-state index contributed by atoms with van der Waals surface area (Å²) < 4.78 is 5.49. The molecule has 0 aromatic carbocycles. The number of anilines is 1. The van der Waals surface area contributed by atoms with Gasteiger partial charge in [-0.3, -0.25) is 4.90 Å². The standard InChI is InChI=1S/C24H40N6O.HI/c1-2-25-24(30-12-8-22(20-30)19-28-13-15-31-16-14-28)27-18-21-7-9-26-23(17-21)29-10-5-3-4-6-11-29;/h7,9,17,22H,2-6,8,10-16,18-20H2,1H3,(H,25,27);1H. The number of hydrogen-bond acceptors (Lipinski definition) is 5. The van der Waals surface area contributed by atoms with Gasteiger partial charge in [-0.25, -0.2) is 9.98 Å². The Kier molecular flexibility index (Phi) is 10.8. The van der Waals surface area contributed by atoms with Crippen molar-refractivity contribution in [2.45, 2.75) is 45.6 Å². The molecule has 180 valence electrons. The molecule has 0 bridgehead atoms. The lowest BCUT2D eigenvalue weighted by Gasteiger charge is -2.29. The summed E-state index contributed by atoms with van der Waals surface area (Å²) in [6, 6.07) is 4.35. The quantitative estimate of drug-likeness (QED) is 0.330. The highest BCUT2D eigenvalue weighted by atomic mass is 127. The van der Waals surface area contributed by atoms with Gasteiger partial charge in [0.05, 0.1) is 19.8 Å². The van der Waals surface area contributed by atoms with Crippen LogP contribution in [0.15, 0.2) is 23.3 Å². The molecule has 3 fully saturated rings. The summed E-state index contributed by atoms with van der Waals surface area (Å²) in [6.07, 6.45) is 8.43. The number of rotatable bonds is 6. The van der Waals surface area contributed by atoms with E-state index in [0.29, 0.717) is 6.54 Å². The summed E-state index contributed by atoms with van der Waals surface area (Å²) in [5.41, 5.74) is 1.24. The third-order valence-electron chi connectivity index (χ3n) is 6.69. The van der Waals surface area contributed by atoms with Crippen molar-refractivity contribution in [2.75, 3.05) is 70.5 Å². The van der Waals surface area contributed by atoms with E-state index in [4.69, 9.17) is 9.73 Å². The Morgan fingerprint density at radius 3 is 2.66 bits per heavy atom. The number of nitrogens with zero attached hydrogens (tertiary/aromatic N) is 5. The van der Waals surface area contributed by atoms with E-state index in [1.807, 2.05) is 6.20 Å². The average molecular weight is 557 g/mol. The van der Waals surface area contributed by atoms with Gasteiger partial charge in [-0.05, 0) is 49.8 Å². The number of likely N-dealkylation sites (tertiary alicyclic amines) is 1. The summed E-state index contributed by atoms with van der Waals surface area (Å²) in [7, 11) is 0. The molecule has 1 aromatic heterocycles. The minimum atomic E-state index is 0. The summed E-state index contributed by atoms with van der Waals surface area (Å²) in [4.78, 5) is 17.1. The van der Waals surface area contributed by atoms with Gasteiger partial charge in [-0.1, -0.05) is 12.8 Å². The Bertz CT molecular complexity index is 703. The number of pyridine rings is 1. The van der Waals surface area contributed by atoms with Gasteiger partial charge in [0.15, 0.2) is 5.96 Å². The van der Waals surface area contributed by atoms with Gasteiger partial charge in [0.1, 0.15) is 5.82 Å². The highest BCUT2D eigenvalue weighted by Gasteiger charge is 2.27. The molecule has 4 rings (SSSR count). The number of hydrogen-bond donors (Lipinski definition) is 1. The number of nitrogens with one attached hydrogen (secondary N) is 1. The van der Waals surface area contributed by atoms with Crippen LogP contribution in [0.2, 0.25) is 0 Å². The van der Waals surface area contributed by atoms with Crippen molar-refractivity contribution in [3.8, 4) is 0 Å². The third-order valence-corrected chi connectivity index (χ3v) is 6.69. The number of halogens is 1. The number of aliphatic imine (C=N–C) groups is 1. The van der Waals surface area contributed by atoms with Crippen LogP contribution in [-0.4, -0.2) is 86.3 Å². The van der Waals surface area contributed by atoms with Crippen LogP contribution in [-0.2, 0) is 11.3 Å². The van der Waals surface area contributed by atoms with Crippen molar-refractivity contribution >= 4 is 35.8 Å². The van der Waals surface area contributed by atoms with Gasteiger partial charge in [0.2, 0.25) is 0 Å². The molecule has 1 aromatic rings. The first kappa shape index (κ1) is 25.5. The van der Waals surface area contributed by atoms with E-state index in [1.54, 1.807) is 0 Å². The van der Waals surface area contributed by atoms with Gasteiger partial charge in [0, 0.05) is 58.6 Å². The van der Waals surface area contributed by atoms with E-state index in [-0.39, 0.29) is 24.0 Å². The minimum Gasteiger partial charge on any atom is -0.379 e. The van der Waals surface area contributed by atoms with Gasteiger partial charge in [0.25, 0.3) is 0 Å². The van der Waals surface area contributed by atoms with Crippen LogP contribution in [0.3, 0.4) is 0 Å². The van der Waals surface area contributed by atoms with Crippen LogP contribution in [0.25, 0.3) is 0 Å². The lowest BCUT2D eigenvalue weighted by Crippen LogP contribution is -2.42. The van der Waals surface area contributed by atoms with Crippen molar-refractivity contribution in [1.29, 1.82) is 0 Å². The molecule has 0 radical (unpaired) electrons. The number of guanidine groups is 1. The Morgan fingerprint density at radius 1 is 1.12 bits per heavy atom. The number of ether oxygens (including phenoxy) is 1. The van der Waals surface area contributed by atoms with Gasteiger partial charge in [-0.15, -0.1) is 24.0 Å². The summed E-state index contributed by atoms with van der Waals surface area (Å²) in [6.45, 7) is 13.3. The second-order valence-electron chi connectivity index (χ2n) is 9.11. The average Bonchev–Trinajstić information content (AvgIpc) is 3.09. The largest absolute Gasteiger partial charge is 0.379 e. The molecule has 0 spiro atoms. The maximum absolute atomic E-state index is 5.49. The fourth-order valence-corrected chi connectivity index (χ4v) is 4.95. The molecule has 4 heterocycles. The first-order chi connectivity index (χ1) is 15.3. The molecular weight excluding hydrogens is 515 g/mol. The zero-order valence-corrected chi connectivity index (χ0v) is 22.0. The highest BCUT2D eigenvalue weighted by molar-refractivity contribution is 14.0. The van der Waals surface area contributed by atoms with Crippen molar-refractivity contribution in [1.82, 2.24) is 20.1 Å². The SMILES string of the molecule is CCNC(=NCc1ccnc(N2CCCCCC2)c1)N1CCC(CN2CCOCC2)C1.I. The molecule has 0 saturated carbocycles. The molecule has 1 unspecified atom stereocenters. The van der Waals surface area contributed by atoms with Crippen molar-refractivity contribution < 1.29 is 4.74 Å². The predicted octanol–water partition coefficient (Wildman–Crippen LogP) is 3.20. The maximum atomic E-state index is 5.49. The molecular formula is C24H41IN6O. The Morgan fingerprint density at radius 2 is 1.91 bits per heavy atom. The maximum Gasteiger partial charge on any atom is 0.194 e. The molecule has 7 nitrogen and oxygen atoms in total. The van der Waals surface area contributed by atoms with Crippen molar-refractivity contribution in [3.05, 3.63) is 23.9 Å². The van der Waals surface area contributed by atoms with Gasteiger partial charge < -0.3 is 19.9 Å². The predicted molar refractivity (Wildman–Crippen MR) is 142 cm³/mol. The van der Waals surface area contributed by atoms with Crippen LogP contribution < -0.4 is 10.2 Å². The van der Waals surface area contributed by atoms with Crippen LogP contribution in [0.1, 0.15) is 44.6 Å². The monoisotopic (exact) mass is 556 g/mol. The molecule has 3 saturated heterocycles. The van der Waals surface area contributed by atoms with E-state index in [0.717, 1.165) is 76.7 Å². The molecule has 1 N–H and O–H groups in total. The summed E-state index contributed by atoms with van der Waals surface area (Å²) >= 11 is 0. The lowest BCUT2D eigenvalue weighted by atomic mass is 10.1. The number of aromatic nitrogens is 1. The smallest absolute Gasteiger partial charge is 0.194 e. The molecule has 32 heavy (non-hydrogen) atoms. The second-order valence-corrected chi connectivity index (χ2v) is 9.11. The van der Waals surface area contributed by atoms with Crippen LogP contribution >= 0.6 is 24.0 Å². The Hall–Kier alpha value is -1.13. The Labute approximate surface area is 211 Å². The van der Waals surface area contributed by atoms with E-state index in [1.165, 1.54) is 44.2 Å². The van der Waals surface area contributed by atoms with Crippen LogP contribution in [0, 0.1) is 5.92 Å². The minimum absolute atomic E-state index is 0. The van der Waals surface area contributed by atoms with Gasteiger partial charge >= 0.3 is 0 Å². The molecule has 0 aliphatic carbocycles. The van der Waals surface area contributed by atoms with Crippen LogP contribution in [0.5, 0.6) is 0 Å². The topological polar surface area (TPSA) is 56.2 Å². The summed E-state index contributed by atoms with van der Waals surface area (Å²) in [5, 5.41) is 3.52. The second kappa shape index (κ2) is 13.5. The van der Waals surface area contributed by atoms with Crippen molar-refractivity contribution in [3.63, 3.8) is 0 Å². The lowest BCUT2D eigenvalue weighted by molar-refractivity contribution is 0.0315. The zero-order valence-electron chi connectivity index (χ0n) is 19.7. The highest BCUT2D eigenvalue weighted by Crippen LogP contribution is 2.20. The van der Waals surface area contributed by atoms with Crippen LogP contribution in [0.4, 0.5) is 5.82 Å². The first-order valence-electron chi connectivity index (χ1n) is 12.3. The molecule has 1 atom stereocenters. The molecule has 8 heteroatoms. The fraction of sp³-hybridized carbons (Fsp3) is 0.750. The first-order valence-corrected chi connectivity index (χ1v) is 12.3. The molecule has 3 aliphatic heterocycles. The van der Waals surface area contributed by atoms with E-state index >= 15 is 0 Å². The molecule has 3 aliphatic rings. The van der Waals surface area contributed by atoms with E-state index in [2.05, 4.69) is 44.1 Å². The fourth-order valence-electron chi connectivity index (χ4n) is 4.95. The van der Waals surface area contributed by atoms with Gasteiger partial charge in [-0.2, -0.15) is 0 Å². The molecule has 0 amide bonds. The third kappa shape index (κ3) is 7.45. The Balaban J connectivity index is 0.00000289. The zero-order chi connectivity index (χ0) is 21.3. The van der Waals surface area contributed by atoms with E-state index in [9.17, 15) is 0 Å². The number of morpholine rings is 1.